The number of thioether (sulfide) groups is 2. The SMILES string of the molecule is COc1ccc(NC(=O)CSc2nc(N)c3c4c(sc3n2)[C@H](c2ccccc2)S[C@@H](c2ccccc2)C4)cc1. The van der Waals surface area contributed by atoms with Crippen molar-refractivity contribution in [2.24, 2.45) is 0 Å². The zero-order valence-electron chi connectivity index (χ0n) is 21.2. The number of nitrogens with one attached hydrogen (secondary N) is 1. The molecule has 3 aromatic carbocycles. The van der Waals surface area contributed by atoms with Crippen LogP contribution in [0.5, 0.6) is 5.75 Å². The molecule has 0 fully saturated rings. The molecule has 0 aliphatic carbocycles. The highest BCUT2D eigenvalue weighted by Crippen LogP contribution is 2.55. The van der Waals surface area contributed by atoms with Crippen LogP contribution in [0.15, 0.2) is 90.1 Å². The number of anilines is 2. The summed E-state index contributed by atoms with van der Waals surface area (Å²) in [7, 11) is 1.61. The predicted molar refractivity (Wildman–Crippen MR) is 163 cm³/mol. The van der Waals surface area contributed by atoms with Gasteiger partial charge in [0.05, 0.1) is 23.5 Å². The highest BCUT2D eigenvalue weighted by atomic mass is 32.2. The third kappa shape index (κ3) is 5.48. The summed E-state index contributed by atoms with van der Waals surface area (Å²) in [4.78, 5) is 24.2. The maximum Gasteiger partial charge on any atom is 0.234 e. The van der Waals surface area contributed by atoms with Gasteiger partial charge in [-0.05, 0) is 47.4 Å². The standard InChI is InChI=1S/C30H26N4O2S3/c1-36-21-14-12-20(13-15-21)32-24(35)17-37-30-33-28(31)25-22-16-23(18-8-4-2-5-9-18)38-26(19-10-6-3-7-11-19)27(22)39-29(25)34-30/h2-15,23,26H,16-17H2,1H3,(H,32,35)(H2,31,33,34)/t23-,26+/m1/s1. The van der Waals surface area contributed by atoms with Gasteiger partial charge < -0.3 is 15.8 Å². The maximum atomic E-state index is 12.6. The zero-order valence-corrected chi connectivity index (χ0v) is 23.6. The quantitative estimate of drug-likeness (QED) is 0.159. The van der Waals surface area contributed by atoms with Gasteiger partial charge in [0.25, 0.3) is 0 Å². The first-order valence-corrected chi connectivity index (χ1v) is 15.2. The second kappa shape index (κ2) is 11.3. The van der Waals surface area contributed by atoms with Crippen LogP contribution < -0.4 is 15.8 Å². The van der Waals surface area contributed by atoms with Gasteiger partial charge in [0.1, 0.15) is 16.4 Å². The van der Waals surface area contributed by atoms with Crippen LogP contribution in [0.2, 0.25) is 0 Å². The van der Waals surface area contributed by atoms with Crippen molar-refractivity contribution in [1.29, 1.82) is 0 Å². The highest BCUT2D eigenvalue weighted by Gasteiger charge is 2.34. The van der Waals surface area contributed by atoms with Crippen molar-refractivity contribution in [3.63, 3.8) is 0 Å². The van der Waals surface area contributed by atoms with E-state index >= 15 is 0 Å². The molecule has 39 heavy (non-hydrogen) atoms. The minimum atomic E-state index is -0.135. The highest BCUT2D eigenvalue weighted by molar-refractivity contribution is 8.00. The van der Waals surface area contributed by atoms with Crippen molar-refractivity contribution in [2.45, 2.75) is 22.1 Å². The third-order valence-corrected chi connectivity index (χ3v) is 10.3. The first kappa shape index (κ1) is 25.7. The Bertz CT molecular complexity index is 1610. The summed E-state index contributed by atoms with van der Waals surface area (Å²) in [6.07, 6.45) is 0.873. The zero-order chi connectivity index (χ0) is 26.8. The maximum absolute atomic E-state index is 12.6. The van der Waals surface area contributed by atoms with Gasteiger partial charge >= 0.3 is 0 Å². The lowest BCUT2D eigenvalue weighted by Crippen LogP contribution is -2.14. The Morgan fingerprint density at radius 3 is 2.38 bits per heavy atom. The van der Waals surface area contributed by atoms with E-state index in [0.29, 0.717) is 21.9 Å². The Kier molecular flexibility index (Phi) is 7.45. The number of ether oxygens (including phenoxy) is 1. The molecule has 6 rings (SSSR count). The topological polar surface area (TPSA) is 90.1 Å². The van der Waals surface area contributed by atoms with Gasteiger partial charge in [0.15, 0.2) is 5.16 Å². The van der Waals surface area contributed by atoms with Crippen molar-refractivity contribution in [3.05, 3.63) is 106 Å². The van der Waals surface area contributed by atoms with E-state index in [1.54, 1.807) is 18.4 Å². The van der Waals surface area contributed by atoms with Gasteiger partial charge in [-0.25, -0.2) is 9.97 Å². The average molecular weight is 571 g/mol. The first-order valence-electron chi connectivity index (χ1n) is 12.5. The molecule has 0 spiro atoms. The minimum absolute atomic E-state index is 0.135. The number of hydrogen-bond donors (Lipinski definition) is 2. The van der Waals surface area contributed by atoms with Crippen molar-refractivity contribution in [2.75, 3.05) is 23.9 Å². The van der Waals surface area contributed by atoms with E-state index in [1.165, 1.54) is 33.3 Å². The number of thiophene rings is 1. The Labute approximate surface area is 239 Å². The Morgan fingerprint density at radius 1 is 1.00 bits per heavy atom. The summed E-state index contributed by atoms with van der Waals surface area (Å²) in [6.45, 7) is 0. The third-order valence-electron chi connectivity index (χ3n) is 6.60. The smallest absolute Gasteiger partial charge is 0.234 e. The summed E-state index contributed by atoms with van der Waals surface area (Å²) >= 11 is 4.96. The second-order valence-electron chi connectivity index (χ2n) is 9.11. The molecular weight excluding hydrogens is 545 g/mol. The molecule has 1 amide bonds. The van der Waals surface area contributed by atoms with E-state index in [2.05, 4.69) is 71.0 Å². The number of nitrogens with zero attached hydrogens (tertiary/aromatic N) is 2. The Morgan fingerprint density at radius 2 is 1.69 bits per heavy atom. The van der Waals surface area contributed by atoms with Crippen LogP contribution in [0.1, 0.15) is 32.1 Å². The van der Waals surface area contributed by atoms with Crippen molar-refractivity contribution < 1.29 is 9.53 Å². The van der Waals surface area contributed by atoms with Crippen LogP contribution in [0, 0.1) is 0 Å². The monoisotopic (exact) mass is 570 g/mol. The van der Waals surface area contributed by atoms with Gasteiger partial charge in [0, 0.05) is 15.8 Å². The lowest BCUT2D eigenvalue weighted by Gasteiger charge is -2.30. The number of nitrogens with two attached hydrogens (primary N) is 1. The van der Waals surface area contributed by atoms with Crippen LogP contribution in [-0.2, 0) is 11.2 Å². The molecule has 2 aromatic heterocycles. The molecule has 196 valence electrons. The van der Waals surface area contributed by atoms with Gasteiger partial charge in [-0.15, -0.1) is 23.1 Å². The fraction of sp³-hybridized carbons (Fsp3) is 0.167. The van der Waals surface area contributed by atoms with E-state index in [9.17, 15) is 4.79 Å². The van der Waals surface area contributed by atoms with Crippen molar-refractivity contribution >= 4 is 62.5 Å². The number of aromatic nitrogens is 2. The lowest BCUT2D eigenvalue weighted by atomic mass is 9.98. The average Bonchev–Trinajstić information content (AvgIpc) is 3.36. The number of hydrogen-bond acceptors (Lipinski definition) is 8. The Balaban J connectivity index is 1.28. The van der Waals surface area contributed by atoms with Gasteiger partial charge in [-0.1, -0.05) is 72.4 Å². The normalized spacial score (nSPS) is 16.5. The summed E-state index contributed by atoms with van der Waals surface area (Å²) in [5, 5.41) is 4.84. The molecule has 0 radical (unpaired) electrons. The van der Waals surface area contributed by atoms with E-state index in [4.69, 9.17) is 15.5 Å². The van der Waals surface area contributed by atoms with Crippen LogP contribution in [0.4, 0.5) is 11.5 Å². The predicted octanol–water partition coefficient (Wildman–Crippen LogP) is 7.13. The summed E-state index contributed by atoms with van der Waals surface area (Å²) in [6, 6.07) is 28.5. The minimum Gasteiger partial charge on any atom is -0.497 e. The van der Waals surface area contributed by atoms with Crippen LogP contribution in [0.3, 0.4) is 0 Å². The van der Waals surface area contributed by atoms with Crippen molar-refractivity contribution in [1.82, 2.24) is 9.97 Å². The molecular formula is C30H26N4O2S3. The van der Waals surface area contributed by atoms with Crippen LogP contribution in [-0.4, -0.2) is 28.7 Å². The van der Waals surface area contributed by atoms with E-state index in [1.807, 2.05) is 36.0 Å². The summed E-state index contributed by atoms with van der Waals surface area (Å²) < 4.78 is 5.17. The molecule has 1 aliphatic heterocycles. The second-order valence-corrected chi connectivity index (χ2v) is 12.4. The largest absolute Gasteiger partial charge is 0.497 e. The number of rotatable bonds is 7. The van der Waals surface area contributed by atoms with Gasteiger partial charge in [-0.3, -0.25) is 4.79 Å². The lowest BCUT2D eigenvalue weighted by molar-refractivity contribution is -0.113. The molecule has 5 aromatic rings. The van der Waals surface area contributed by atoms with E-state index < -0.39 is 0 Å². The molecule has 1 aliphatic rings. The van der Waals surface area contributed by atoms with Crippen molar-refractivity contribution in [3.8, 4) is 5.75 Å². The Hall–Kier alpha value is -3.53. The number of methoxy groups -OCH3 is 1. The molecule has 6 nitrogen and oxygen atoms in total. The molecule has 0 unspecified atom stereocenters. The molecule has 9 heteroatoms. The molecule has 3 N–H and O–H groups in total. The molecule has 3 heterocycles. The summed E-state index contributed by atoms with van der Waals surface area (Å²) in [5.41, 5.74) is 11.1. The van der Waals surface area contributed by atoms with Gasteiger partial charge in [0.2, 0.25) is 5.91 Å². The number of carbonyl (C=O) groups excluding carboxylic acids is 1. The van der Waals surface area contributed by atoms with Crippen LogP contribution >= 0.6 is 34.9 Å². The molecule has 0 saturated carbocycles. The molecule has 0 saturated heterocycles. The molecule has 0 bridgehead atoms. The number of benzene rings is 3. The number of nitrogen functional groups attached to an aromatic ring is 1. The van der Waals surface area contributed by atoms with Crippen LogP contribution in [0.25, 0.3) is 10.2 Å². The summed E-state index contributed by atoms with van der Waals surface area (Å²) in [5.74, 6) is 1.26. The fourth-order valence-corrected chi connectivity index (χ4v) is 8.47. The fourth-order valence-electron chi connectivity index (χ4n) is 4.74. The van der Waals surface area contributed by atoms with Gasteiger partial charge in [-0.2, -0.15) is 0 Å². The van der Waals surface area contributed by atoms with E-state index in [-0.39, 0.29) is 16.9 Å². The number of amides is 1. The number of carbonyl (C=O) groups is 1. The van der Waals surface area contributed by atoms with E-state index in [0.717, 1.165) is 22.4 Å². The molecule has 2 atom stereocenters. The number of fused-ring (bicyclic) bond motifs is 3. The first-order chi connectivity index (χ1) is 19.1.